The molecule has 0 saturated heterocycles. The largest absolute Gasteiger partial charge is 0.393 e. The van der Waals surface area contributed by atoms with E-state index in [0.29, 0.717) is 12.5 Å². The number of amides is 1. The Kier molecular flexibility index (Phi) is 5.05. The zero-order chi connectivity index (χ0) is 11.3. The van der Waals surface area contributed by atoms with Crippen molar-refractivity contribution in [2.24, 2.45) is 11.7 Å². The van der Waals surface area contributed by atoms with Gasteiger partial charge in [0.2, 0.25) is 5.91 Å². The normalized spacial score (nSPS) is 26.9. The van der Waals surface area contributed by atoms with E-state index in [1.807, 2.05) is 0 Å². The van der Waals surface area contributed by atoms with Crippen LogP contribution < -0.4 is 11.1 Å². The van der Waals surface area contributed by atoms with Crippen molar-refractivity contribution >= 4 is 5.91 Å². The van der Waals surface area contributed by atoms with Crippen LogP contribution in [-0.2, 0) is 4.79 Å². The summed E-state index contributed by atoms with van der Waals surface area (Å²) in [6.45, 7) is 2.75. The van der Waals surface area contributed by atoms with E-state index in [9.17, 15) is 4.79 Å². The molecule has 0 spiro atoms. The number of aliphatic hydroxyl groups is 1. The number of hydrogen-bond acceptors (Lipinski definition) is 3. The lowest BCUT2D eigenvalue weighted by Gasteiger charge is -2.31. The van der Waals surface area contributed by atoms with Gasteiger partial charge in [-0.1, -0.05) is 19.8 Å². The highest BCUT2D eigenvalue weighted by Crippen LogP contribution is 2.26. The predicted octanol–water partition coefficient (Wildman–Crippen LogP) is 0.391. The Bertz CT molecular complexity index is 203. The third-order valence-corrected chi connectivity index (χ3v) is 2.98. The number of rotatable bonds is 6. The van der Waals surface area contributed by atoms with Crippen molar-refractivity contribution in [1.82, 2.24) is 5.32 Å². The molecule has 4 N–H and O–H groups in total. The average molecular weight is 214 g/mol. The molecular formula is C11H22N2O2. The molecule has 0 bridgehead atoms. The number of unbranched alkanes of at least 4 members (excludes halogenated alkanes) is 1. The lowest BCUT2D eigenvalue weighted by Crippen LogP contribution is -2.45. The molecule has 88 valence electrons. The van der Waals surface area contributed by atoms with Crippen LogP contribution in [0.3, 0.4) is 0 Å². The summed E-state index contributed by atoms with van der Waals surface area (Å²) in [5.74, 6) is 0.396. The van der Waals surface area contributed by atoms with Crippen LogP contribution in [0.1, 0.15) is 39.0 Å². The molecule has 1 atom stereocenters. The van der Waals surface area contributed by atoms with Crippen LogP contribution in [0, 0.1) is 5.92 Å². The first kappa shape index (κ1) is 12.5. The van der Waals surface area contributed by atoms with E-state index in [2.05, 4.69) is 12.2 Å². The summed E-state index contributed by atoms with van der Waals surface area (Å²) in [5.41, 5.74) is 5.71. The van der Waals surface area contributed by atoms with Crippen LogP contribution in [0.4, 0.5) is 0 Å². The lowest BCUT2D eigenvalue weighted by molar-refractivity contribution is -0.123. The van der Waals surface area contributed by atoms with Gasteiger partial charge in [-0.15, -0.1) is 0 Å². The average Bonchev–Trinajstić information content (AvgIpc) is 2.18. The van der Waals surface area contributed by atoms with Crippen molar-refractivity contribution in [3.8, 4) is 0 Å². The molecule has 4 nitrogen and oxygen atoms in total. The Morgan fingerprint density at radius 1 is 1.60 bits per heavy atom. The summed E-state index contributed by atoms with van der Waals surface area (Å²) in [7, 11) is 0. The standard InChI is InChI=1S/C11H22N2O2/c1-2-3-4-10(12)11(15)13-7-8-5-9(14)6-8/h8-10,14H,2-7,12H2,1H3,(H,13,15)/t8?,9?,10-/m0/s1. The van der Waals surface area contributed by atoms with Crippen LogP contribution in [0.2, 0.25) is 0 Å². The van der Waals surface area contributed by atoms with Crippen LogP contribution in [-0.4, -0.2) is 29.7 Å². The second-order valence-electron chi connectivity index (χ2n) is 4.49. The second kappa shape index (κ2) is 6.08. The Labute approximate surface area is 91.2 Å². The zero-order valence-corrected chi connectivity index (χ0v) is 9.41. The molecule has 0 aromatic heterocycles. The van der Waals surface area contributed by atoms with E-state index in [0.717, 1.165) is 32.1 Å². The summed E-state index contributed by atoms with van der Waals surface area (Å²) < 4.78 is 0. The first-order valence-corrected chi connectivity index (χ1v) is 5.84. The van der Waals surface area contributed by atoms with Crippen molar-refractivity contribution in [2.75, 3.05) is 6.54 Å². The van der Waals surface area contributed by atoms with E-state index in [1.165, 1.54) is 0 Å². The van der Waals surface area contributed by atoms with Gasteiger partial charge in [-0.05, 0) is 25.2 Å². The molecule has 1 fully saturated rings. The first-order chi connectivity index (χ1) is 7.13. The number of hydrogen-bond donors (Lipinski definition) is 3. The van der Waals surface area contributed by atoms with E-state index in [-0.39, 0.29) is 18.1 Å². The molecule has 1 aliphatic rings. The molecule has 15 heavy (non-hydrogen) atoms. The van der Waals surface area contributed by atoms with Crippen molar-refractivity contribution in [2.45, 2.75) is 51.2 Å². The van der Waals surface area contributed by atoms with E-state index in [1.54, 1.807) is 0 Å². The maximum atomic E-state index is 11.5. The van der Waals surface area contributed by atoms with Crippen LogP contribution in [0.15, 0.2) is 0 Å². The van der Waals surface area contributed by atoms with Crippen LogP contribution in [0.25, 0.3) is 0 Å². The quantitative estimate of drug-likeness (QED) is 0.599. The van der Waals surface area contributed by atoms with Gasteiger partial charge in [0.15, 0.2) is 0 Å². The first-order valence-electron chi connectivity index (χ1n) is 5.84. The van der Waals surface area contributed by atoms with Gasteiger partial charge in [0.1, 0.15) is 0 Å². The molecule has 0 unspecified atom stereocenters. The van der Waals surface area contributed by atoms with Crippen molar-refractivity contribution in [3.05, 3.63) is 0 Å². The number of carbonyl (C=O) groups is 1. The van der Waals surface area contributed by atoms with Crippen molar-refractivity contribution in [1.29, 1.82) is 0 Å². The Hall–Kier alpha value is -0.610. The highest BCUT2D eigenvalue weighted by molar-refractivity contribution is 5.81. The Balaban J connectivity index is 2.07. The van der Waals surface area contributed by atoms with Crippen LogP contribution >= 0.6 is 0 Å². The fourth-order valence-electron chi connectivity index (χ4n) is 1.80. The smallest absolute Gasteiger partial charge is 0.236 e. The van der Waals surface area contributed by atoms with Gasteiger partial charge in [0.25, 0.3) is 0 Å². The van der Waals surface area contributed by atoms with Crippen LogP contribution in [0.5, 0.6) is 0 Å². The minimum absolute atomic E-state index is 0.0511. The molecule has 0 radical (unpaired) electrons. The maximum Gasteiger partial charge on any atom is 0.236 e. The Morgan fingerprint density at radius 3 is 2.80 bits per heavy atom. The number of nitrogens with two attached hydrogens (primary N) is 1. The van der Waals surface area contributed by atoms with Crippen molar-refractivity contribution < 1.29 is 9.90 Å². The second-order valence-corrected chi connectivity index (χ2v) is 4.49. The van der Waals surface area contributed by atoms with Crippen molar-refractivity contribution in [3.63, 3.8) is 0 Å². The van der Waals surface area contributed by atoms with Gasteiger partial charge in [-0.25, -0.2) is 0 Å². The lowest BCUT2D eigenvalue weighted by atomic mass is 9.82. The molecule has 1 amide bonds. The van der Waals surface area contributed by atoms with E-state index >= 15 is 0 Å². The minimum atomic E-state index is -0.366. The van der Waals surface area contributed by atoms with Gasteiger partial charge in [-0.2, -0.15) is 0 Å². The highest BCUT2D eigenvalue weighted by atomic mass is 16.3. The van der Waals surface area contributed by atoms with E-state index in [4.69, 9.17) is 10.8 Å². The molecule has 0 aromatic rings. The number of nitrogens with one attached hydrogen (secondary N) is 1. The molecule has 4 heteroatoms. The molecule has 0 aromatic carbocycles. The fourth-order valence-corrected chi connectivity index (χ4v) is 1.80. The number of carbonyl (C=O) groups excluding carboxylic acids is 1. The summed E-state index contributed by atoms with van der Waals surface area (Å²) in [6.07, 6.45) is 4.29. The summed E-state index contributed by atoms with van der Waals surface area (Å²) in [5, 5.41) is 11.9. The molecule has 1 rings (SSSR count). The Morgan fingerprint density at radius 2 is 2.27 bits per heavy atom. The highest BCUT2D eigenvalue weighted by Gasteiger charge is 2.27. The van der Waals surface area contributed by atoms with Gasteiger partial charge in [-0.3, -0.25) is 4.79 Å². The van der Waals surface area contributed by atoms with E-state index < -0.39 is 0 Å². The predicted molar refractivity (Wildman–Crippen MR) is 59.2 cm³/mol. The SMILES string of the molecule is CCCC[C@H](N)C(=O)NCC1CC(O)C1. The topological polar surface area (TPSA) is 75.4 Å². The number of aliphatic hydroxyl groups excluding tert-OH is 1. The summed E-state index contributed by atoms with van der Waals surface area (Å²) in [4.78, 5) is 11.5. The molecule has 0 heterocycles. The maximum absolute atomic E-state index is 11.5. The summed E-state index contributed by atoms with van der Waals surface area (Å²) >= 11 is 0. The third kappa shape index (κ3) is 4.18. The van der Waals surface area contributed by atoms with Gasteiger partial charge < -0.3 is 16.2 Å². The molecule has 1 saturated carbocycles. The van der Waals surface area contributed by atoms with Gasteiger partial charge in [0.05, 0.1) is 12.1 Å². The fraction of sp³-hybridized carbons (Fsp3) is 0.909. The van der Waals surface area contributed by atoms with Gasteiger partial charge >= 0.3 is 0 Å². The minimum Gasteiger partial charge on any atom is -0.393 e. The van der Waals surface area contributed by atoms with Gasteiger partial charge in [0, 0.05) is 6.54 Å². The summed E-state index contributed by atoms with van der Waals surface area (Å²) in [6, 6.07) is -0.366. The zero-order valence-electron chi connectivity index (χ0n) is 9.41. The molecule has 1 aliphatic carbocycles. The monoisotopic (exact) mass is 214 g/mol. The molecule has 0 aliphatic heterocycles. The molecular weight excluding hydrogens is 192 g/mol. The third-order valence-electron chi connectivity index (χ3n) is 2.98.